The van der Waals surface area contributed by atoms with Crippen LogP contribution in [0.15, 0.2) is 45.4 Å². The fourth-order valence-corrected chi connectivity index (χ4v) is 2.34. The standard InChI is InChI=1S/C14H8BrClFN3O/c15-8-2-4-12(18)9(6-8)14-19-13(20-21-14)7-1-3-11(17)10(16)5-7/h1-6H,18H2. The van der Waals surface area contributed by atoms with Crippen molar-refractivity contribution in [1.82, 2.24) is 10.1 Å². The van der Waals surface area contributed by atoms with Crippen LogP contribution in [0.5, 0.6) is 0 Å². The van der Waals surface area contributed by atoms with Gasteiger partial charge in [-0.05, 0) is 36.4 Å². The summed E-state index contributed by atoms with van der Waals surface area (Å²) in [5.74, 6) is 0.0934. The van der Waals surface area contributed by atoms with Crippen LogP contribution in [0.25, 0.3) is 22.8 Å². The summed E-state index contributed by atoms with van der Waals surface area (Å²) < 4.78 is 19.2. The lowest BCUT2D eigenvalue weighted by Crippen LogP contribution is -1.90. The topological polar surface area (TPSA) is 64.9 Å². The number of nitrogens with two attached hydrogens (primary N) is 1. The van der Waals surface area contributed by atoms with Crippen molar-refractivity contribution in [2.24, 2.45) is 0 Å². The largest absolute Gasteiger partial charge is 0.398 e. The molecule has 0 atom stereocenters. The van der Waals surface area contributed by atoms with Crippen LogP contribution in [0, 0.1) is 5.82 Å². The van der Waals surface area contributed by atoms with Crippen molar-refractivity contribution in [3.8, 4) is 22.8 Å². The van der Waals surface area contributed by atoms with Gasteiger partial charge in [-0.3, -0.25) is 0 Å². The van der Waals surface area contributed by atoms with E-state index >= 15 is 0 Å². The van der Waals surface area contributed by atoms with Crippen LogP contribution in [0.1, 0.15) is 0 Å². The summed E-state index contributed by atoms with van der Waals surface area (Å²) in [6.45, 7) is 0. The van der Waals surface area contributed by atoms with E-state index < -0.39 is 5.82 Å². The first-order valence-corrected chi connectivity index (χ1v) is 7.06. The highest BCUT2D eigenvalue weighted by Gasteiger charge is 2.14. The summed E-state index contributed by atoms with van der Waals surface area (Å²) in [5, 5.41) is 3.87. The van der Waals surface area contributed by atoms with Gasteiger partial charge in [0.05, 0.1) is 10.6 Å². The predicted octanol–water partition coefficient (Wildman–Crippen LogP) is 4.54. The highest BCUT2D eigenvalue weighted by Crippen LogP contribution is 2.30. The van der Waals surface area contributed by atoms with Crippen LogP contribution in [-0.4, -0.2) is 10.1 Å². The first-order valence-electron chi connectivity index (χ1n) is 5.89. The minimum Gasteiger partial charge on any atom is -0.398 e. The van der Waals surface area contributed by atoms with Gasteiger partial charge < -0.3 is 10.3 Å². The molecule has 0 aliphatic carbocycles. The molecule has 0 unspecified atom stereocenters. The summed E-state index contributed by atoms with van der Waals surface area (Å²) in [6, 6.07) is 9.55. The van der Waals surface area contributed by atoms with E-state index in [2.05, 4.69) is 26.1 Å². The van der Waals surface area contributed by atoms with Crippen molar-refractivity contribution in [2.75, 3.05) is 5.73 Å². The van der Waals surface area contributed by atoms with E-state index in [0.29, 0.717) is 22.6 Å². The molecule has 0 radical (unpaired) electrons. The molecule has 3 rings (SSSR count). The zero-order valence-corrected chi connectivity index (χ0v) is 12.8. The lowest BCUT2D eigenvalue weighted by molar-refractivity contribution is 0.432. The van der Waals surface area contributed by atoms with E-state index in [1.807, 2.05) is 6.07 Å². The molecule has 0 bridgehead atoms. The molecule has 2 N–H and O–H groups in total. The normalized spacial score (nSPS) is 10.8. The molecule has 0 aliphatic rings. The van der Waals surface area contributed by atoms with Crippen LogP contribution >= 0.6 is 27.5 Å². The maximum Gasteiger partial charge on any atom is 0.260 e. The lowest BCUT2D eigenvalue weighted by Gasteiger charge is -2.00. The molecule has 0 saturated heterocycles. The number of anilines is 1. The molecule has 1 heterocycles. The van der Waals surface area contributed by atoms with Gasteiger partial charge in [0.15, 0.2) is 0 Å². The van der Waals surface area contributed by atoms with Crippen LogP contribution in [0.2, 0.25) is 5.02 Å². The monoisotopic (exact) mass is 367 g/mol. The van der Waals surface area contributed by atoms with Gasteiger partial charge in [0, 0.05) is 15.7 Å². The second-order valence-corrected chi connectivity index (χ2v) is 5.61. The Kier molecular flexibility index (Phi) is 3.65. The van der Waals surface area contributed by atoms with Crippen LogP contribution in [-0.2, 0) is 0 Å². The summed E-state index contributed by atoms with van der Waals surface area (Å²) in [7, 11) is 0. The van der Waals surface area contributed by atoms with Crippen molar-refractivity contribution in [3.05, 3.63) is 51.7 Å². The van der Waals surface area contributed by atoms with Gasteiger partial charge in [-0.25, -0.2) is 4.39 Å². The minimum absolute atomic E-state index is 0.000759. The molecule has 4 nitrogen and oxygen atoms in total. The average Bonchev–Trinajstić information content (AvgIpc) is 2.94. The zero-order chi connectivity index (χ0) is 15.0. The second-order valence-electron chi connectivity index (χ2n) is 4.28. The first-order chi connectivity index (χ1) is 10.0. The number of benzene rings is 2. The highest BCUT2D eigenvalue weighted by atomic mass is 79.9. The smallest absolute Gasteiger partial charge is 0.260 e. The van der Waals surface area contributed by atoms with Gasteiger partial charge in [-0.15, -0.1) is 0 Å². The molecule has 21 heavy (non-hydrogen) atoms. The molecule has 0 amide bonds. The Bertz CT molecular complexity index is 822. The predicted molar refractivity (Wildman–Crippen MR) is 82.3 cm³/mol. The zero-order valence-electron chi connectivity index (χ0n) is 10.5. The number of hydrogen-bond donors (Lipinski definition) is 1. The quantitative estimate of drug-likeness (QED) is 0.674. The van der Waals surface area contributed by atoms with Crippen molar-refractivity contribution < 1.29 is 8.91 Å². The third-order valence-corrected chi connectivity index (χ3v) is 3.63. The van der Waals surface area contributed by atoms with E-state index in [4.69, 9.17) is 21.9 Å². The van der Waals surface area contributed by atoms with Crippen molar-refractivity contribution in [1.29, 1.82) is 0 Å². The Morgan fingerprint density at radius 3 is 2.76 bits per heavy atom. The summed E-state index contributed by atoms with van der Waals surface area (Å²) >= 11 is 9.10. The summed E-state index contributed by atoms with van der Waals surface area (Å²) in [5.41, 5.74) is 7.59. The number of halogens is 3. The SMILES string of the molecule is Nc1ccc(Br)cc1-c1nc(-c2ccc(F)c(Cl)c2)no1. The third-order valence-electron chi connectivity index (χ3n) is 2.85. The van der Waals surface area contributed by atoms with Gasteiger partial charge in [-0.2, -0.15) is 4.98 Å². The summed E-state index contributed by atoms with van der Waals surface area (Å²) in [4.78, 5) is 4.26. The lowest BCUT2D eigenvalue weighted by atomic mass is 10.2. The molecule has 0 saturated carbocycles. The van der Waals surface area contributed by atoms with Crippen LogP contribution in [0.4, 0.5) is 10.1 Å². The molecular weight excluding hydrogens is 361 g/mol. The van der Waals surface area contributed by atoms with E-state index in [1.54, 1.807) is 12.1 Å². The molecule has 0 fully saturated rings. The number of hydrogen-bond acceptors (Lipinski definition) is 4. The van der Waals surface area contributed by atoms with E-state index in [9.17, 15) is 4.39 Å². The fraction of sp³-hybridized carbons (Fsp3) is 0. The molecule has 1 aromatic heterocycles. The Morgan fingerprint density at radius 1 is 1.19 bits per heavy atom. The highest BCUT2D eigenvalue weighted by molar-refractivity contribution is 9.10. The Hall–Kier alpha value is -1.92. The maximum atomic E-state index is 13.2. The number of nitrogens with zero attached hydrogens (tertiary/aromatic N) is 2. The molecule has 3 aromatic rings. The molecular formula is C14H8BrClFN3O. The third kappa shape index (κ3) is 2.77. The average molecular weight is 369 g/mol. The number of aromatic nitrogens is 2. The molecule has 7 heteroatoms. The molecule has 2 aromatic carbocycles. The molecule has 106 valence electrons. The van der Waals surface area contributed by atoms with E-state index in [0.717, 1.165) is 4.47 Å². The van der Waals surface area contributed by atoms with Gasteiger partial charge >= 0.3 is 0 Å². The number of rotatable bonds is 2. The second kappa shape index (κ2) is 5.46. The van der Waals surface area contributed by atoms with E-state index in [1.165, 1.54) is 18.2 Å². The van der Waals surface area contributed by atoms with Crippen molar-refractivity contribution >= 4 is 33.2 Å². The maximum absolute atomic E-state index is 13.2. The Balaban J connectivity index is 2.03. The fourth-order valence-electron chi connectivity index (χ4n) is 1.80. The van der Waals surface area contributed by atoms with Gasteiger partial charge in [0.25, 0.3) is 5.89 Å². The van der Waals surface area contributed by atoms with Crippen LogP contribution < -0.4 is 5.73 Å². The van der Waals surface area contributed by atoms with Crippen LogP contribution in [0.3, 0.4) is 0 Å². The van der Waals surface area contributed by atoms with Gasteiger partial charge in [0.1, 0.15) is 5.82 Å². The van der Waals surface area contributed by atoms with Crippen molar-refractivity contribution in [3.63, 3.8) is 0 Å². The molecule has 0 spiro atoms. The number of nitrogen functional groups attached to an aromatic ring is 1. The van der Waals surface area contributed by atoms with Gasteiger partial charge in [-0.1, -0.05) is 32.7 Å². The Labute approximate surface area is 132 Å². The first kappa shape index (κ1) is 14.0. The minimum atomic E-state index is -0.500. The summed E-state index contributed by atoms with van der Waals surface area (Å²) in [6.07, 6.45) is 0. The van der Waals surface area contributed by atoms with Crippen molar-refractivity contribution in [2.45, 2.75) is 0 Å². The van der Waals surface area contributed by atoms with E-state index in [-0.39, 0.29) is 10.9 Å². The molecule has 0 aliphatic heterocycles. The van der Waals surface area contributed by atoms with Gasteiger partial charge in [0.2, 0.25) is 5.82 Å². The Morgan fingerprint density at radius 2 is 2.00 bits per heavy atom.